The monoisotopic (exact) mass is 324 g/mol. The van der Waals surface area contributed by atoms with Crippen LogP contribution in [-0.2, 0) is 0 Å². The molecule has 13 heavy (non-hydrogen) atoms. The number of hydrogen-bond donors (Lipinski definition) is 2. The molecule has 0 aliphatic carbocycles. The summed E-state index contributed by atoms with van der Waals surface area (Å²) in [5, 5.41) is 1.13. The van der Waals surface area contributed by atoms with Gasteiger partial charge in [-0.25, -0.2) is 0 Å². The zero-order valence-electron chi connectivity index (χ0n) is 6.07. The molecule has 0 saturated carbocycles. The minimum Gasteiger partial charge on any atom is -0.321 e. The zero-order valence-corrected chi connectivity index (χ0v) is 10.8. The summed E-state index contributed by atoms with van der Waals surface area (Å²) in [6.45, 7) is 0. The fraction of sp³-hybridized carbons (Fsp3) is 0. The van der Waals surface area contributed by atoms with E-state index in [0.717, 1.165) is 0 Å². The van der Waals surface area contributed by atoms with Crippen LogP contribution in [0.3, 0.4) is 0 Å². The van der Waals surface area contributed by atoms with Crippen molar-refractivity contribution in [2.75, 3.05) is 5.43 Å². The number of anilines is 1. The lowest BCUT2D eigenvalue weighted by atomic mass is 10.3. The molecule has 1 aromatic carbocycles. The van der Waals surface area contributed by atoms with Crippen molar-refractivity contribution in [1.29, 1.82) is 0 Å². The van der Waals surface area contributed by atoms with Crippen LogP contribution in [0, 0.1) is 0 Å². The molecule has 1 rings (SSSR count). The molecule has 0 fully saturated rings. The van der Waals surface area contributed by atoms with Crippen LogP contribution in [-0.4, -0.2) is 0 Å². The van der Waals surface area contributed by atoms with Gasteiger partial charge in [-0.15, -0.1) is 17.0 Å². The third-order valence-corrected chi connectivity index (χ3v) is 2.83. The first kappa shape index (κ1) is 13.6. The number of nitrogens with one attached hydrogen (secondary N) is 1. The summed E-state index contributed by atoms with van der Waals surface area (Å²) in [5.74, 6) is 5.15. The van der Waals surface area contributed by atoms with E-state index in [4.69, 9.17) is 52.2 Å². The van der Waals surface area contributed by atoms with E-state index in [-0.39, 0.29) is 27.0 Å². The first-order valence-electron chi connectivity index (χ1n) is 2.87. The van der Waals surface area contributed by atoms with Gasteiger partial charge >= 0.3 is 0 Å². The maximum atomic E-state index is 5.75. The summed E-state index contributed by atoms with van der Waals surface area (Å²) in [4.78, 5) is 0. The quantitative estimate of drug-likeness (QED) is 0.462. The molecule has 0 aliphatic heterocycles. The summed E-state index contributed by atoms with van der Waals surface area (Å²) in [6.07, 6.45) is 0. The highest BCUT2D eigenvalue weighted by molar-refractivity contribution is 8.93. The van der Waals surface area contributed by atoms with Crippen molar-refractivity contribution in [3.8, 4) is 0 Å². The molecule has 0 amide bonds. The highest BCUT2D eigenvalue weighted by Crippen LogP contribution is 2.40. The first-order valence-corrected chi connectivity index (χ1v) is 4.38. The third-order valence-electron chi connectivity index (χ3n) is 1.26. The Morgan fingerprint density at radius 2 is 1.38 bits per heavy atom. The number of hydrazine groups is 1. The minimum absolute atomic E-state index is 0. The molecule has 0 aliphatic rings. The number of halogens is 5. The van der Waals surface area contributed by atoms with Crippen LogP contribution in [0.1, 0.15) is 0 Å². The second-order valence-electron chi connectivity index (χ2n) is 1.99. The van der Waals surface area contributed by atoms with Gasteiger partial charge in [0.15, 0.2) is 0 Å². The van der Waals surface area contributed by atoms with Crippen molar-refractivity contribution in [3.05, 3.63) is 26.2 Å². The molecule has 0 radical (unpaired) electrons. The van der Waals surface area contributed by atoms with Crippen LogP contribution >= 0.6 is 63.4 Å². The molecule has 0 aromatic heterocycles. The number of nitrogens with two attached hydrogens (primary N) is 1. The number of benzene rings is 1. The van der Waals surface area contributed by atoms with Crippen LogP contribution in [0.25, 0.3) is 0 Å². The zero-order chi connectivity index (χ0) is 9.30. The van der Waals surface area contributed by atoms with E-state index >= 15 is 0 Å². The van der Waals surface area contributed by atoms with Gasteiger partial charge in [-0.3, -0.25) is 5.84 Å². The van der Waals surface area contributed by atoms with E-state index in [1.165, 1.54) is 6.07 Å². The SMILES string of the molecule is Br.NNc1c(Cl)c(Cl)cc(Cl)c1Cl. The molecule has 0 saturated heterocycles. The Kier molecular flexibility index (Phi) is 5.75. The molecule has 0 unspecified atom stereocenters. The first-order chi connectivity index (χ1) is 5.57. The summed E-state index contributed by atoms with van der Waals surface area (Å²) >= 11 is 22.9. The van der Waals surface area contributed by atoms with Gasteiger partial charge in [-0.1, -0.05) is 46.4 Å². The van der Waals surface area contributed by atoms with Gasteiger partial charge < -0.3 is 5.43 Å². The minimum atomic E-state index is 0. The molecule has 1 aromatic rings. The van der Waals surface area contributed by atoms with Crippen molar-refractivity contribution in [2.24, 2.45) is 5.84 Å². The van der Waals surface area contributed by atoms with E-state index in [1.807, 2.05) is 0 Å². The van der Waals surface area contributed by atoms with Gasteiger partial charge in [-0.2, -0.15) is 0 Å². The van der Waals surface area contributed by atoms with Crippen molar-refractivity contribution in [3.63, 3.8) is 0 Å². The Hall–Kier alpha value is 0.620. The molecule has 74 valence electrons. The van der Waals surface area contributed by atoms with E-state index in [1.54, 1.807) is 0 Å². The van der Waals surface area contributed by atoms with E-state index < -0.39 is 0 Å². The van der Waals surface area contributed by atoms with Gasteiger partial charge in [0.2, 0.25) is 0 Å². The van der Waals surface area contributed by atoms with E-state index in [0.29, 0.717) is 15.7 Å². The van der Waals surface area contributed by atoms with Crippen molar-refractivity contribution in [1.82, 2.24) is 0 Å². The van der Waals surface area contributed by atoms with Crippen molar-refractivity contribution >= 4 is 69.1 Å². The molecular formula is C6H5BrCl4N2. The topological polar surface area (TPSA) is 38.0 Å². The van der Waals surface area contributed by atoms with Crippen LogP contribution in [0.4, 0.5) is 5.69 Å². The van der Waals surface area contributed by atoms with Crippen LogP contribution in [0.15, 0.2) is 6.07 Å². The number of hydrogen-bond acceptors (Lipinski definition) is 2. The van der Waals surface area contributed by atoms with Gasteiger partial charge in [0.05, 0.1) is 25.8 Å². The summed E-state index contributed by atoms with van der Waals surface area (Å²) in [6, 6.07) is 1.45. The van der Waals surface area contributed by atoms with Crippen LogP contribution < -0.4 is 11.3 Å². The second-order valence-corrected chi connectivity index (χ2v) is 3.56. The molecular weight excluding hydrogens is 322 g/mol. The number of nitrogen functional groups attached to an aromatic ring is 1. The lowest BCUT2D eigenvalue weighted by Gasteiger charge is -2.08. The average Bonchev–Trinajstić information content (AvgIpc) is 2.02. The smallest absolute Gasteiger partial charge is 0.0891 e. The Labute approximate surface area is 106 Å². The molecule has 3 N–H and O–H groups in total. The van der Waals surface area contributed by atoms with E-state index in [2.05, 4.69) is 5.43 Å². The second kappa shape index (κ2) is 5.49. The van der Waals surface area contributed by atoms with Crippen LogP contribution in [0.2, 0.25) is 20.1 Å². The standard InChI is InChI=1S/C6H4Cl4N2.BrH/c7-2-1-3(8)5(10)6(12-11)4(2)9;/h1,12H,11H2;1H. The van der Waals surface area contributed by atoms with E-state index in [9.17, 15) is 0 Å². The maximum absolute atomic E-state index is 5.75. The Balaban J connectivity index is 0.00000144. The van der Waals surface area contributed by atoms with Gasteiger partial charge in [-0.05, 0) is 6.07 Å². The molecule has 0 heterocycles. The third kappa shape index (κ3) is 2.78. The summed E-state index contributed by atoms with van der Waals surface area (Å²) < 4.78 is 0. The largest absolute Gasteiger partial charge is 0.321 e. The molecule has 0 atom stereocenters. The Bertz CT molecular complexity index is 292. The molecule has 2 nitrogen and oxygen atoms in total. The molecule has 7 heteroatoms. The predicted molar refractivity (Wildman–Crippen MR) is 64.6 cm³/mol. The fourth-order valence-electron chi connectivity index (χ4n) is 0.700. The predicted octanol–water partition coefficient (Wildman–Crippen LogP) is 4.16. The molecule has 0 bridgehead atoms. The maximum Gasteiger partial charge on any atom is 0.0891 e. The highest BCUT2D eigenvalue weighted by atomic mass is 79.9. The lowest BCUT2D eigenvalue weighted by Crippen LogP contribution is -2.08. The van der Waals surface area contributed by atoms with Gasteiger partial charge in [0.25, 0.3) is 0 Å². The van der Waals surface area contributed by atoms with Gasteiger partial charge in [0, 0.05) is 0 Å². The number of rotatable bonds is 1. The summed E-state index contributed by atoms with van der Waals surface area (Å²) in [7, 11) is 0. The Morgan fingerprint density at radius 3 is 1.69 bits per heavy atom. The highest BCUT2D eigenvalue weighted by Gasteiger charge is 2.12. The fourth-order valence-corrected chi connectivity index (χ4v) is 1.62. The normalized spacial score (nSPS) is 9.31. The summed E-state index contributed by atoms with van der Waals surface area (Å²) in [5.41, 5.74) is 2.64. The van der Waals surface area contributed by atoms with Crippen LogP contribution in [0.5, 0.6) is 0 Å². The van der Waals surface area contributed by atoms with Crippen molar-refractivity contribution < 1.29 is 0 Å². The average molecular weight is 327 g/mol. The van der Waals surface area contributed by atoms with Crippen molar-refractivity contribution in [2.45, 2.75) is 0 Å². The van der Waals surface area contributed by atoms with Gasteiger partial charge in [0.1, 0.15) is 0 Å². The lowest BCUT2D eigenvalue weighted by molar-refractivity contribution is 1.35. The molecule has 0 spiro atoms. The Morgan fingerprint density at radius 1 is 1.00 bits per heavy atom.